The fraction of sp³-hybridized carbons (Fsp3) is 0.912. The molecular formula is C68H131NO6. The van der Waals surface area contributed by atoms with Crippen LogP contribution in [0.3, 0.4) is 0 Å². The molecule has 0 aliphatic carbocycles. The van der Waals surface area contributed by atoms with Gasteiger partial charge in [0.15, 0.2) is 0 Å². The van der Waals surface area contributed by atoms with Gasteiger partial charge in [0, 0.05) is 12.8 Å². The van der Waals surface area contributed by atoms with Crippen LogP contribution in [0.25, 0.3) is 0 Å². The van der Waals surface area contributed by atoms with Crippen molar-refractivity contribution in [2.24, 2.45) is 0 Å². The van der Waals surface area contributed by atoms with Gasteiger partial charge in [0.1, 0.15) is 6.10 Å². The number of carbonyl (C=O) groups is 2. The fourth-order valence-corrected chi connectivity index (χ4v) is 10.7. The van der Waals surface area contributed by atoms with Gasteiger partial charge < -0.3 is 25.4 Å². The van der Waals surface area contributed by atoms with Crippen LogP contribution in [0.5, 0.6) is 0 Å². The standard InChI is InChI=1S/C68H131NO6/c1-3-5-7-9-11-13-15-17-33-37-41-45-49-53-57-61-67(73)75-62-58-54-50-46-42-38-35-32-30-28-26-24-22-20-18-19-21-23-25-27-29-31-34-36-40-44-48-52-56-60-66(72)69-64(63-70)68(74)65(71)59-55-51-47-43-39-16-14-12-10-8-6-4-2/h11,13,17,33,64-65,68,70-71,74H,3-10,12,14-16,18-32,34-63H2,1-2H3,(H,69,72)/b13-11-,33-17-. The molecule has 0 aromatic rings. The Labute approximate surface area is 467 Å². The molecule has 4 N–H and O–H groups in total. The predicted octanol–water partition coefficient (Wildman–Crippen LogP) is 20.3. The average molecular weight is 1060 g/mol. The number of rotatable bonds is 63. The first kappa shape index (κ1) is 73.3. The highest BCUT2D eigenvalue weighted by Crippen LogP contribution is 2.19. The zero-order chi connectivity index (χ0) is 54.4. The van der Waals surface area contributed by atoms with E-state index in [2.05, 4.69) is 43.5 Å². The van der Waals surface area contributed by atoms with Crippen molar-refractivity contribution in [3.8, 4) is 0 Å². The van der Waals surface area contributed by atoms with Crippen LogP contribution < -0.4 is 5.32 Å². The van der Waals surface area contributed by atoms with E-state index in [1.807, 2.05) is 0 Å². The Morgan fingerprint density at radius 3 is 1.08 bits per heavy atom. The third kappa shape index (κ3) is 58.3. The van der Waals surface area contributed by atoms with E-state index in [-0.39, 0.29) is 18.5 Å². The van der Waals surface area contributed by atoms with Gasteiger partial charge in [-0.05, 0) is 57.8 Å². The minimum absolute atomic E-state index is 0.00312. The van der Waals surface area contributed by atoms with Crippen LogP contribution in [0.15, 0.2) is 24.3 Å². The van der Waals surface area contributed by atoms with Crippen molar-refractivity contribution < 1.29 is 29.6 Å². The van der Waals surface area contributed by atoms with E-state index in [4.69, 9.17) is 4.74 Å². The lowest BCUT2D eigenvalue weighted by Crippen LogP contribution is -2.50. The molecule has 0 heterocycles. The Kier molecular flexibility index (Phi) is 61.7. The van der Waals surface area contributed by atoms with Gasteiger partial charge in [-0.1, -0.05) is 321 Å². The van der Waals surface area contributed by atoms with Crippen molar-refractivity contribution in [2.45, 2.75) is 385 Å². The molecule has 0 radical (unpaired) electrons. The lowest BCUT2D eigenvalue weighted by Gasteiger charge is -2.26. The largest absolute Gasteiger partial charge is 0.466 e. The summed E-state index contributed by atoms with van der Waals surface area (Å²) < 4.78 is 5.48. The molecule has 0 bridgehead atoms. The SMILES string of the molecule is CCCCC/C=C\C/C=C\CCCCCCCC(=O)OCCCCCCCCCCCCCCCCCCCCCCCCCCCCCCCC(=O)NC(CO)C(O)C(O)CCCCCCCCCCCCCC. The van der Waals surface area contributed by atoms with Crippen molar-refractivity contribution in [3.63, 3.8) is 0 Å². The van der Waals surface area contributed by atoms with E-state index < -0.39 is 18.2 Å². The second kappa shape index (κ2) is 63.1. The summed E-state index contributed by atoms with van der Waals surface area (Å²) in [6.07, 6.45) is 75.3. The van der Waals surface area contributed by atoms with Gasteiger partial charge in [0.05, 0.1) is 25.4 Å². The number of unbranched alkanes of at least 4 members (excludes halogenated alkanes) is 47. The summed E-state index contributed by atoms with van der Waals surface area (Å²) in [5.41, 5.74) is 0. The van der Waals surface area contributed by atoms with Crippen LogP contribution in [0.2, 0.25) is 0 Å². The molecule has 0 rings (SSSR count). The summed E-state index contributed by atoms with van der Waals surface area (Å²) >= 11 is 0. The van der Waals surface area contributed by atoms with Gasteiger partial charge in [-0.3, -0.25) is 9.59 Å². The Morgan fingerprint density at radius 1 is 0.387 bits per heavy atom. The summed E-state index contributed by atoms with van der Waals surface area (Å²) in [6, 6.07) is -0.811. The highest BCUT2D eigenvalue weighted by molar-refractivity contribution is 5.76. The number of aliphatic hydroxyl groups is 3. The molecular weight excluding hydrogens is 927 g/mol. The number of allylic oxidation sites excluding steroid dienone is 4. The Morgan fingerprint density at radius 2 is 0.693 bits per heavy atom. The average Bonchev–Trinajstić information content (AvgIpc) is 3.41. The van der Waals surface area contributed by atoms with Crippen LogP contribution in [-0.4, -0.2) is 58.7 Å². The third-order valence-electron chi connectivity index (χ3n) is 15.8. The van der Waals surface area contributed by atoms with Gasteiger partial charge in [-0.2, -0.15) is 0 Å². The second-order valence-electron chi connectivity index (χ2n) is 23.3. The van der Waals surface area contributed by atoms with E-state index in [0.717, 1.165) is 64.2 Å². The fourth-order valence-electron chi connectivity index (χ4n) is 10.7. The lowest BCUT2D eigenvalue weighted by molar-refractivity contribution is -0.143. The minimum Gasteiger partial charge on any atom is -0.466 e. The number of nitrogens with one attached hydrogen (secondary N) is 1. The Bertz CT molecular complexity index is 1190. The summed E-state index contributed by atoms with van der Waals surface area (Å²) in [4.78, 5) is 24.6. The molecule has 3 unspecified atom stereocenters. The zero-order valence-corrected chi connectivity index (χ0v) is 50.4. The monoisotopic (exact) mass is 1060 g/mol. The first-order valence-corrected chi connectivity index (χ1v) is 33.7. The molecule has 444 valence electrons. The summed E-state index contributed by atoms with van der Waals surface area (Å²) in [5.74, 6) is -0.140. The predicted molar refractivity (Wildman–Crippen MR) is 326 cm³/mol. The molecule has 7 nitrogen and oxygen atoms in total. The van der Waals surface area contributed by atoms with Crippen LogP contribution in [0.4, 0.5) is 0 Å². The van der Waals surface area contributed by atoms with E-state index in [9.17, 15) is 24.9 Å². The van der Waals surface area contributed by atoms with E-state index >= 15 is 0 Å². The topological polar surface area (TPSA) is 116 Å². The first-order chi connectivity index (χ1) is 37.0. The van der Waals surface area contributed by atoms with E-state index in [1.54, 1.807) is 0 Å². The van der Waals surface area contributed by atoms with Crippen LogP contribution in [0.1, 0.15) is 367 Å². The zero-order valence-electron chi connectivity index (χ0n) is 50.4. The van der Waals surface area contributed by atoms with Crippen LogP contribution >= 0.6 is 0 Å². The molecule has 0 aromatic carbocycles. The number of esters is 1. The number of amides is 1. The Balaban J connectivity index is 3.37. The van der Waals surface area contributed by atoms with E-state index in [1.165, 1.54) is 270 Å². The van der Waals surface area contributed by atoms with Crippen LogP contribution in [0, 0.1) is 0 Å². The molecule has 0 fully saturated rings. The first-order valence-electron chi connectivity index (χ1n) is 33.7. The maximum atomic E-state index is 12.5. The minimum atomic E-state index is -1.14. The molecule has 75 heavy (non-hydrogen) atoms. The van der Waals surface area contributed by atoms with Crippen molar-refractivity contribution in [3.05, 3.63) is 24.3 Å². The normalized spacial score (nSPS) is 13.1. The summed E-state index contributed by atoms with van der Waals surface area (Å²) in [5, 5.41) is 33.7. The molecule has 0 aliphatic heterocycles. The maximum Gasteiger partial charge on any atom is 0.305 e. The summed E-state index contributed by atoms with van der Waals surface area (Å²) in [7, 11) is 0. The molecule has 0 aromatic heterocycles. The van der Waals surface area contributed by atoms with Gasteiger partial charge in [0.25, 0.3) is 0 Å². The molecule has 7 heteroatoms. The van der Waals surface area contributed by atoms with Crippen molar-refractivity contribution in [1.29, 1.82) is 0 Å². The number of ether oxygens (including phenoxy) is 1. The lowest BCUT2D eigenvalue weighted by atomic mass is 9.99. The quantitative estimate of drug-likeness (QED) is 0.0274. The van der Waals surface area contributed by atoms with Crippen molar-refractivity contribution in [1.82, 2.24) is 5.32 Å². The molecule has 0 spiro atoms. The van der Waals surface area contributed by atoms with Crippen molar-refractivity contribution >= 4 is 11.9 Å². The van der Waals surface area contributed by atoms with Crippen molar-refractivity contribution in [2.75, 3.05) is 13.2 Å². The molecule has 0 saturated carbocycles. The highest BCUT2D eigenvalue weighted by Gasteiger charge is 2.27. The maximum absolute atomic E-state index is 12.5. The van der Waals surface area contributed by atoms with Crippen LogP contribution in [-0.2, 0) is 14.3 Å². The molecule has 0 saturated heterocycles. The number of aliphatic hydroxyl groups excluding tert-OH is 3. The number of carbonyl (C=O) groups excluding carboxylic acids is 2. The van der Waals surface area contributed by atoms with Gasteiger partial charge >= 0.3 is 5.97 Å². The van der Waals surface area contributed by atoms with Gasteiger partial charge in [-0.15, -0.1) is 0 Å². The van der Waals surface area contributed by atoms with E-state index in [0.29, 0.717) is 25.9 Å². The third-order valence-corrected chi connectivity index (χ3v) is 15.8. The van der Waals surface area contributed by atoms with Gasteiger partial charge in [-0.25, -0.2) is 0 Å². The molecule has 1 amide bonds. The number of hydrogen-bond acceptors (Lipinski definition) is 6. The van der Waals surface area contributed by atoms with Gasteiger partial charge in [0.2, 0.25) is 5.91 Å². The second-order valence-corrected chi connectivity index (χ2v) is 23.3. The number of hydrogen-bond donors (Lipinski definition) is 4. The smallest absolute Gasteiger partial charge is 0.305 e. The Hall–Kier alpha value is -1.70. The summed E-state index contributed by atoms with van der Waals surface area (Å²) in [6.45, 7) is 4.76. The molecule has 3 atom stereocenters. The highest BCUT2D eigenvalue weighted by atomic mass is 16.5. The molecule has 0 aliphatic rings.